The predicted octanol–water partition coefficient (Wildman–Crippen LogP) is 4.59. The summed E-state index contributed by atoms with van der Waals surface area (Å²) in [6.07, 6.45) is 6.77. The van der Waals surface area contributed by atoms with Gasteiger partial charge in [0, 0.05) is 55.4 Å². The highest BCUT2D eigenvalue weighted by molar-refractivity contribution is 5.75. The summed E-state index contributed by atoms with van der Waals surface area (Å²) < 4.78 is 0. The summed E-state index contributed by atoms with van der Waals surface area (Å²) in [6, 6.07) is 21.3. The number of rotatable bonds is 6. The summed E-state index contributed by atoms with van der Waals surface area (Å²) in [5.74, 6) is 0.464. The average molecular weight is 451 g/mol. The van der Waals surface area contributed by atoms with Crippen molar-refractivity contribution in [2.45, 2.75) is 19.0 Å². The maximum Gasteiger partial charge on any atom is 0.124 e. The summed E-state index contributed by atoms with van der Waals surface area (Å²) in [6.45, 7) is 3.29. The molecule has 4 heterocycles. The standard InChI is InChI=1S/C28H30N6/c1-33(2)25-10-12-34(19-25)18-20-6-8-21(9-7-20)23-13-24(17-30-16-23)22-14-27(32-28(29)15-22)26-5-3-4-11-31-26/h3-9,11,13-17,25H,10,12,18-19H2,1-2H3,(H2,29,32)/t25-/m0/s1. The summed E-state index contributed by atoms with van der Waals surface area (Å²) in [5, 5.41) is 0. The normalized spacial score (nSPS) is 16.3. The Labute approximate surface area is 201 Å². The smallest absolute Gasteiger partial charge is 0.124 e. The van der Waals surface area contributed by atoms with Gasteiger partial charge in [0.2, 0.25) is 0 Å². The van der Waals surface area contributed by atoms with E-state index < -0.39 is 0 Å². The van der Waals surface area contributed by atoms with Gasteiger partial charge in [-0.15, -0.1) is 0 Å². The maximum absolute atomic E-state index is 6.13. The minimum Gasteiger partial charge on any atom is -0.384 e. The molecule has 1 aliphatic rings. The lowest BCUT2D eigenvalue weighted by molar-refractivity contribution is 0.264. The second-order valence-electron chi connectivity index (χ2n) is 9.18. The van der Waals surface area contributed by atoms with Crippen LogP contribution in [0.1, 0.15) is 12.0 Å². The Morgan fingerprint density at radius 2 is 1.71 bits per heavy atom. The molecule has 1 fully saturated rings. The van der Waals surface area contributed by atoms with Gasteiger partial charge in [-0.2, -0.15) is 0 Å². The van der Waals surface area contributed by atoms with Crippen LogP contribution in [-0.4, -0.2) is 58.0 Å². The highest BCUT2D eigenvalue weighted by Crippen LogP contribution is 2.29. The van der Waals surface area contributed by atoms with Crippen molar-refractivity contribution in [1.82, 2.24) is 24.8 Å². The van der Waals surface area contributed by atoms with Crippen molar-refractivity contribution >= 4 is 5.82 Å². The lowest BCUT2D eigenvalue weighted by Crippen LogP contribution is -2.31. The molecule has 0 aliphatic carbocycles. The van der Waals surface area contributed by atoms with E-state index in [1.165, 1.54) is 12.0 Å². The SMILES string of the molecule is CN(C)[C@H]1CCN(Cc2ccc(-c3cncc(-c4cc(N)nc(-c5ccccn5)c4)c3)cc2)C1. The van der Waals surface area contributed by atoms with Crippen LogP contribution in [0.25, 0.3) is 33.6 Å². The van der Waals surface area contributed by atoms with Crippen LogP contribution in [0.3, 0.4) is 0 Å². The number of likely N-dealkylation sites (tertiary alicyclic amines) is 1. The fourth-order valence-corrected chi connectivity index (χ4v) is 4.56. The Morgan fingerprint density at radius 1 is 0.912 bits per heavy atom. The molecule has 34 heavy (non-hydrogen) atoms. The van der Waals surface area contributed by atoms with Gasteiger partial charge in [0.1, 0.15) is 5.82 Å². The highest BCUT2D eigenvalue weighted by Gasteiger charge is 2.23. The van der Waals surface area contributed by atoms with Crippen molar-refractivity contribution in [1.29, 1.82) is 0 Å². The van der Waals surface area contributed by atoms with E-state index in [-0.39, 0.29) is 0 Å². The fraction of sp³-hybridized carbons (Fsp3) is 0.250. The van der Waals surface area contributed by atoms with E-state index in [1.807, 2.05) is 42.7 Å². The molecular formula is C28H30N6. The molecule has 1 aliphatic heterocycles. The quantitative estimate of drug-likeness (QED) is 0.463. The monoisotopic (exact) mass is 450 g/mol. The second kappa shape index (κ2) is 9.71. The number of anilines is 1. The second-order valence-corrected chi connectivity index (χ2v) is 9.18. The molecule has 0 radical (unpaired) electrons. The molecule has 172 valence electrons. The van der Waals surface area contributed by atoms with Gasteiger partial charge in [0.15, 0.2) is 0 Å². The largest absolute Gasteiger partial charge is 0.384 e. The van der Waals surface area contributed by atoms with Gasteiger partial charge in [-0.05, 0) is 67.5 Å². The van der Waals surface area contributed by atoms with Gasteiger partial charge in [-0.3, -0.25) is 14.9 Å². The number of likely N-dealkylation sites (N-methyl/N-ethyl adjacent to an activating group) is 1. The van der Waals surface area contributed by atoms with Crippen LogP contribution in [0.5, 0.6) is 0 Å². The van der Waals surface area contributed by atoms with Gasteiger partial charge in [0.05, 0.1) is 11.4 Å². The first-order chi connectivity index (χ1) is 16.5. The van der Waals surface area contributed by atoms with E-state index in [9.17, 15) is 0 Å². The van der Waals surface area contributed by atoms with Crippen LogP contribution in [0.4, 0.5) is 5.82 Å². The van der Waals surface area contributed by atoms with Gasteiger partial charge >= 0.3 is 0 Å². The molecule has 4 aromatic rings. The molecule has 1 atom stereocenters. The van der Waals surface area contributed by atoms with Gasteiger partial charge in [0.25, 0.3) is 0 Å². The minimum atomic E-state index is 0.464. The van der Waals surface area contributed by atoms with Crippen molar-refractivity contribution in [3.05, 3.63) is 84.8 Å². The van der Waals surface area contributed by atoms with Crippen LogP contribution in [-0.2, 0) is 6.54 Å². The van der Waals surface area contributed by atoms with Crippen LogP contribution in [0, 0.1) is 0 Å². The topological polar surface area (TPSA) is 71.2 Å². The molecule has 0 amide bonds. The minimum absolute atomic E-state index is 0.464. The molecule has 0 bridgehead atoms. The lowest BCUT2D eigenvalue weighted by Gasteiger charge is -2.20. The third kappa shape index (κ3) is 4.98. The Hall–Kier alpha value is -3.61. The van der Waals surface area contributed by atoms with Crippen LogP contribution >= 0.6 is 0 Å². The van der Waals surface area contributed by atoms with Gasteiger partial charge < -0.3 is 10.6 Å². The number of nitrogens with two attached hydrogens (primary N) is 1. The zero-order valence-electron chi connectivity index (χ0n) is 19.7. The Bertz CT molecular complexity index is 1250. The van der Waals surface area contributed by atoms with Gasteiger partial charge in [-0.25, -0.2) is 4.98 Å². The number of aromatic nitrogens is 3. The number of hydrogen-bond donors (Lipinski definition) is 1. The van der Waals surface area contributed by atoms with E-state index in [4.69, 9.17) is 5.73 Å². The molecule has 1 saturated heterocycles. The molecule has 1 aromatic carbocycles. The number of hydrogen-bond acceptors (Lipinski definition) is 6. The number of nitrogens with zero attached hydrogens (tertiary/aromatic N) is 5. The molecule has 3 aromatic heterocycles. The van der Waals surface area contributed by atoms with Crippen molar-refractivity contribution in [2.75, 3.05) is 32.9 Å². The molecule has 0 saturated carbocycles. The summed E-state index contributed by atoms with van der Waals surface area (Å²) >= 11 is 0. The molecular weight excluding hydrogens is 420 g/mol. The third-order valence-corrected chi connectivity index (χ3v) is 6.52. The van der Waals surface area contributed by atoms with Crippen molar-refractivity contribution in [2.24, 2.45) is 0 Å². The van der Waals surface area contributed by atoms with Crippen LogP contribution in [0.2, 0.25) is 0 Å². The van der Waals surface area contributed by atoms with Crippen molar-refractivity contribution < 1.29 is 0 Å². The molecule has 6 nitrogen and oxygen atoms in total. The van der Waals surface area contributed by atoms with E-state index in [0.717, 1.165) is 53.3 Å². The summed E-state index contributed by atoms with van der Waals surface area (Å²) in [7, 11) is 4.34. The Kier molecular flexibility index (Phi) is 6.34. The van der Waals surface area contributed by atoms with Crippen molar-refractivity contribution in [3.8, 4) is 33.6 Å². The summed E-state index contributed by atoms with van der Waals surface area (Å²) in [4.78, 5) is 18.3. The molecule has 0 spiro atoms. The van der Waals surface area contributed by atoms with Gasteiger partial charge in [-0.1, -0.05) is 30.3 Å². The first-order valence-electron chi connectivity index (χ1n) is 11.7. The number of benzene rings is 1. The van der Waals surface area contributed by atoms with Crippen LogP contribution < -0.4 is 5.73 Å². The first-order valence-corrected chi connectivity index (χ1v) is 11.7. The third-order valence-electron chi connectivity index (χ3n) is 6.52. The Balaban J connectivity index is 1.35. The molecule has 5 rings (SSSR count). The van der Waals surface area contributed by atoms with E-state index in [0.29, 0.717) is 11.9 Å². The Morgan fingerprint density at radius 3 is 2.41 bits per heavy atom. The fourth-order valence-electron chi connectivity index (χ4n) is 4.56. The van der Waals surface area contributed by atoms with Crippen LogP contribution in [0.15, 0.2) is 79.3 Å². The first kappa shape index (κ1) is 22.2. The zero-order chi connectivity index (χ0) is 23.5. The molecule has 2 N–H and O–H groups in total. The average Bonchev–Trinajstić information content (AvgIpc) is 3.34. The van der Waals surface area contributed by atoms with E-state index >= 15 is 0 Å². The molecule has 6 heteroatoms. The predicted molar refractivity (Wildman–Crippen MR) is 138 cm³/mol. The van der Waals surface area contributed by atoms with E-state index in [1.54, 1.807) is 6.20 Å². The maximum atomic E-state index is 6.13. The summed E-state index contributed by atoms with van der Waals surface area (Å²) in [5.41, 5.74) is 13.2. The number of pyridine rings is 3. The van der Waals surface area contributed by atoms with E-state index in [2.05, 4.69) is 69.2 Å². The lowest BCUT2D eigenvalue weighted by atomic mass is 10.0. The zero-order valence-corrected chi connectivity index (χ0v) is 19.7. The molecule has 0 unspecified atom stereocenters. The van der Waals surface area contributed by atoms with Crippen molar-refractivity contribution in [3.63, 3.8) is 0 Å². The highest BCUT2D eigenvalue weighted by atomic mass is 15.2. The number of nitrogen functional groups attached to an aromatic ring is 1.